The average Bonchev–Trinajstić information content (AvgIpc) is 2.35. The first-order chi connectivity index (χ1) is 9.34. The van der Waals surface area contributed by atoms with Gasteiger partial charge in [-0.25, -0.2) is 0 Å². The molecule has 0 aromatic heterocycles. The van der Waals surface area contributed by atoms with Gasteiger partial charge >= 0.3 is 0 Å². The van der Waals surface area contributed by atoms with Crippen LogP contribution in [0.1, 0.15) is 60.3 Å². The van der Waals surface area contributed by atoms with Crippen LogP contribution in [-0.4, -0.2) is 25.1 Å². The highest BCUT2D eigenvalue weighted by Gasteiger charge is 2.35. The first-order valence-corrected chi connectivity index (χ1v) is 9.93. The summed E-state index contributed by atoms with van der Waals surface area (Å²) in [6, 6.07) is 0. The van der Waals surface area contributed by atoms with Gasteiger partial charge in [0.25, 0.3) is 0 Å². The van der Waals surface area contributed by atoms with Crippen molar-refractivity contribution in [3.8, 4) is 0 Å². The SMILES string of the molecule is CSCCC1CC(C(C)(C)C)CCC1CNCC(C)C. The molecule has 0 bridgehead atoms. The van der Waals surface area contributed by atoms with Crippen molar-refractivity contribution in [2.24, 2.45) is 29.1 Å². The number of nitrogens with one attached hydrogen (secondary N) is 1. The fourth-order valence-electron chi connectivity index (χ4n) is 3.56. The van der Waals surface area contributed by atoms with Gasteiger partial charge in [0.2, 0.25) is 0 Å². The van der Waals surface area contributed by atoms with Crippen molar-refractivity contribution in [1.82, 2.24) is 5.32 Å². The van der Waals surface area contributed by atoms with Crippen LogP contribution in [0.5, 0.6) is 0 Å². The standard InChI is InChI=1S/C18H37NS/c1-14(2)12-19-13-16-7-8-17(18(3,4)5)11-15(16)9-10-20-6/h14-17,19H,7-13H2,1-6H3. The predicted octanol–water partition coefficient (Wildman–Crippen LogP) is 5.06. The van der Waals surface area contributed by atoms with E-state index in [9.17, 15) is 0 Å². The van der Waals surface area contributed by atoms with Gasteiger partial charge in [0.05, 0.1) is 0 Å². The van der Waals surface area contributed by atoms with E-state index in [4.69, 9.17) is 0 Å². The third kappa shape index (κ3) is 6.39. The van der Waals surface area contributed by atoms with Crippen molar-refractivity contribution in [1.29, 1.82) is 0 Å². The van der Waals surface area contributed by atoms with Crippen molar-refractivity contribution in [2.45, 2.75) is 60.3 Å². The van der Waals surface area contributed by atoms with Gasteiger partial charge in [-0.2, -0.15) is 11.8 Å². The Morgan fingerprint density at radius 3 is 2.40 bits per heavy atom. The van der Waals surface area contributed by atoms with Crippen LogP contribution in [0.15, 0.2) is 0 Å². The number of thioether (sulfide) groups is 1. The highest BCUT2D eigenvalue weighted by atomic mass is 32.2. The van der Waals surface area contributed by atoms with Crippen LogP contribution in [0.25, 0.3) is 0 Å². The number of hydrogen-bond donors (Lipinski definition) is 1. The van der Waals surface area contributed by atoms with Gasteiger partial charge in [-0.1, -0.05) is 34.6 Å². The molecule has 1 aliphatic rings. The van der Waals surface area contributed by atoms with E-state index in [2.05, 4.69) is 46.2 Å². The van der Waals surface area contributed by atoms with Crippen molar-refractivity contribution in [3.63, 3.8) is 0 Å². The van der Waals surface area contributed by atoms with Crippen LogP contribution in [0.2, 0.25) is 0 Å². The van der Waals surface area contributed by atoms with Gasteiger partial charge in [-0.3, -0.25) is 0 Å². The molecule has 1 fully saturated rings. The molecular formula is C18H37NS. The van der Waals surface area contributed by atoms with Crippen molar-refractivity contribution in [2.75, 3.05) is 25.1 Å². The Balaban J connectivity index is 2.51. The van der Waals surface area contributed by atoms with Crippen LogP contribution in [0, 0.1) is 29.1 Å². The Labute approximate surface area is 132 Å². The molecule has 0 spiro atoms. The summed E-state index contributed by atoms with van der Waals surface area (Å²) in [5, 5.41) is 3.71. The lowest BCUT2D eigenvalue weighted by molar-refractivity contribution is 0.0954. The maximum absolute atomic E-state index is 3.71. The first kappa shape index (κ1) is 18.4. The molecule has 1 rings (SSSR count). The predicted molar refractivity (Wildman–Crippen MR) is 94.5 cm³/mol. The second-order valence-corrected chi connectivity index (χ2v) is 9.22. The third-order valence-electron chi connectivity index (χ3n) is 5.02. The van der Waals surface area contributed by atoms with E-state index in [1.807, 2.05) is 11.8 Å². The zero-order valence-electron chi connectivity index (χ0n) is 14.7. The monoisotopic (exact) mass is 299 g/mol. The minimum Gasteiger partial charge on any atom is -0.316 e. The van der Waals surface area contributed by atoms with Gasteiger partial charge < -0.3 is 5.32 Å². The van der Waals surface area contributed by atoms with Crippen molar-refractivity contribution < 1.29 is 0 Å². The minimum absolute atomic E-state index is 0.494. The average molecular weight is 300 g/mol. The van der Waals surface area contributed by atoms with Crippen molar-refractivity contribution in [3.05, 3.63) is 0 Å². The van der Waals surface area contributed by atoms with E-state index < -0.39 is 0 Å². The molecule has 0 aliphatic heterocycles. The van der Waals surface area contributed by atoms with Gasteiger partial charge in [0.1, 0.15) is 0 Å². The Morgan fingerprint density at radius 2 is 1.85 bits per heavy atom. The number of rotatable bonds is 7. The summed E-state index contributed by atoms with van der Waals surface area (Å²) in [5.41, 5.74) is 0.494. The lowest BCUT2D eigenvalue weighted by Gasteiger charge is -2.42. The molecule has 1 saturated carbocycles. The van der Waals surface area contributed by atoms with Crippen LogP contribution >= 0.6 is 11.8 Å². The zero-order valence-corrected chi connectivity index (χ0v) is 15.5. The third-order valence-corrected chi connectivity index (χ3v) is 5.66. The van der Waals surface area contributed by atoms with E-state index in [1.54, 1.807) is 0 Å². The molecule has 1 N–H and O–H groups in total. The smallest absolute Gasteiger partial charge is 0.00177 e. The van der Waals surface area contributed by atoms with E-state index in [0.717, 1.165) is 23.7 Å². The summed E-state index contributed by atoms with van der Waals surface area (Å²) < 4.78 is 0. The van der Waals surface area contributed by atoms with Crippen LogP contribution in [0.4, 0.5) is 0 Å². The maximum Gasteiger partial charge on any atom is -0.00177 e. The summed E-state index contributed by atoms with van der Waals surface area (Å²) in [6.45, 7) is 14.3. The molecule has 3 atom stereocenters. The van der Waals surface area contributed by atoms with E-state index in [1.165, 1.54) is 44.5 Å². The molecule has 0 heterocycles. The molecule has 2 heteroatoms. The molecule has 0 radical (unpaired) electrons. The second kappa shape index (κ2) is 8.68. The lowest BCUT2D eigenvalue weighted by Crippen LogP contribution is -2.37. The topological polar surface area (TPSA) is 12.0 Å². The molecule has 1 aliphatic carbocycles. The van der Waals surface area contributed by atoms with Gasteiger partial charge in [-0.05, 0) is 79.9 Å². The zero-order chi connectivity index (χ0) is 15.2. The van der Waals surface area contributed by atoms with E-state index >= 15 is 0 Å². The molecule has 3 unspecified atom stereocenters. The highest BCUT2D eigenvalue weighted by Crippen LogP contribution is 2.43. The molecule has 20 heavy (non-hydrogen) atoms. The summed E-state index contributed by atoms with van der Waals surface area (Å²) in [4.78, 5) is 0. The Morgan fingerprint density at radius 1 is 1.15 bits per heavy atom. The molecule has 120 valence electrons. The largest absolute Gasteiger partial charge is 0.316 e. The fourth-order valence-corrected chi connectivity index (χ4v) is 4.10. The quantitative estimate of drug-likeness (QED) is 0.705. The molecule has 0 aromatic carbocycles. The highest BCUT2D eigenvalue weighted by molar-refractivity contribution is 7.98. The molecule has 1 nitrogen and oxygen atoms in total. The van der Waals surface area contributed by atoms with Gasteiger partial charge in [0, 0.05) is 0 Å². The molecule has 0 aromatic rings. The Bertz CT molecular complexity index is 257. The van der Waals surface area contributed by atoms with E-state index in [0.29, 0.717) is 5.41 Å². The summed E-state index contributed by atoms with van der Waals surface area (Å²) in [6.07, 6.45) is 8.00. The van der Waals surface area contributed by atoms with E-state index in [-0.39, 0.29) is 0 Å². The second-order valence-electron chi connectivity index (χ2n) is 8.23. The maximum atomic E-state index is 3.71. The van der Waals surface area contributed by atoms with Crippen molar-refractivity contribution >= 4 is 11.8 Å². The summed E-state index contributed by atoms with van der Waals surface area (Å²) in [5.74, 6) is 4.89. The van der Waals surface area contributed by atoms with Crippen LogP contribution in [-0.2, 0) is 0 Å². The minimum atomic E-state index is 0.494. The Kier molecular flexibility index (Phi) is 7.97. The van der Waals surface area contributed by atoms with Gasteiger partial charge in [-0.15, -0.1) is 0 Å². The summed E-state index contributed by atoms with van der Waals surface area (Å²) >= 11 is 2.01. The van der Waals surface area contributed by atoms with Gasteiger partial charge in [0.15, 0.2) is 0 Å². The first-order valence-electron chi connectivity index (χ1n) is 8.54. The lowest BCUT2D eigenvalue weighted by atomic mass is 9.65. The van der Waals surface area contributed by atoms with Crippen LogP contribution < -0.4 is 5.32 Å². The molecule has 0 amide bonds. The normalized spacial score (nSPS) is 28.1. The van der Waals surface area contributed by atoms with Crippen LogP contribution in [0.3, 0.4) is 0 Å². The summed E-state index contributed by atoms with van der Waals surface area (Å²) in [7, 11) is 0. The number of hydrogen-bond acceptors (Lipinski definition) is 2. The molecule has 0 saturated heterocycles. The fraction of sp³-hybridized carbons (Fsp3) is 1.00. The molecular weight excluding hydrogens is 262 g/mol. The Hall–Kier alpha value is 0.310.